The number of aliphatic imine (C=N–C) groups is 1. The lowest BCUT2D eigenvalue weighted by Gasteiger charge is -2.18. The van der Waals surface area contributed by atoms with E-state index < -0.39 is 5.82 Å². The van der Waals surface area contributed by atoms with E-state index in [9.17, 15) is 9.18 Å². The summed E-state index contributed by atoms with van der Waals surface area (Å²) in [6.45, 7) is 1.01. The van der Waals surface area contributed by atoms with Gasteiger partial charge in [0.25, 0.3) is 5.91 Å². The van der Waals surface area contributed by atoms with Crippen molar-refractivity contribution in [3.63, 3.8) is 0 Å². The zero-order valence-electron chi connectivity index (χ0n) is 11.1. The van der Waals surface area contributed by atoms with Crippen LogP contribution in [0.1, 0.15) is 15.9 Å². The van der Waals surface area contributed by atoms with E-state index in [0.29, 0.717) is 29.5 Å². The van der Waals surface area contributed by atoms with E-state index in [2.05, 4.69) is 4.99 Å². The fourth-order valence-corrected chi connectivity index (χ4v) is 2.49. The Morgan fingerprint density at radius 3 is 2.76 bits per heavy atom. The normalized spacial score (nSPS) is 14.2. The Kier molecular flexibility index (Phi) is 3.71. The molecule has 0 N–H and O–H groups in total. The molecule has 0 saturated heterocycles. The van der Waals surface area contributed by atoms with Crippen LogP contribution >= 0.6 is 11.6 Å². The van der Waals surface area contributed by atoms with Crippen molar-refractivity contribution in [2.45, 2.75) is 0 Å². The number of halogens is 2. The quantitative estimate of drug-likeness (QED) is 0.837. The molecule has 0 aromatic heterocycles. The Morgan fingerprint density at radius 2 is 2.00 bits per heavy atom. The highest BCUT2D eigenvalue weighted by molar-refractivity contribution is 6.31. The Morgan fingerprint density at radius 1 is 1.19 bits per heavy atom. The Balaban J connectivity index is 1.92. The van der Waals surface area contributed by atoms with Crippen LogP contribution in [0, 0.1) is 5.82 Å². The molecular formula is C16H12ClFN2O. The summed E-state index contributed by atoms with van der Waals surface area (Å²) in [6, 6.07) is 12.8. The summed E-state index contributed by atoms with van der Waals surface area (Å²) in [6.07, 6.45) is 0. The van der Waals surface area contributed by atoms with Crippen molar-refractivity contribution in [3.8, 4) is 0 Å². The third-order valence-electron chi connectivity index (χ3n) is 3.24. The summed E-state index contributed by atoms with van der Waals surface area (Å²) in [5.41, 5.74) is 1.09. The van der Waals surface area contributed by atoms with Gasteiger partial charge in [0.1, 0.15) is 11.7 Å². The van der Waals surface area contributed by atoms with E-state index in [1.807, 2.05) is 12.1 Å². The zero-order valence-corrected chi connectivity index (χ0v) is 11.8. The van der Waals surface area contributed by atoms with E-state index in [1.54, 1.807) is 23.1 Å². The minimum Gasteiger partial charge on any atom is -0.291 e. The maximum atomic E-state index is 13.3. The molecule has 21 heavy (non-hydrogen) atoms. The third kappa shape index (κ3) is 2.81. The van der Waals surface area contributed by atoms with Gasteiger partial charge in [-0.15, -0.1) is 0 Å². The van der Waals surface area contributed by atoms with Crippen LogP contribution in [0.3, 0.4) is 0 Å². The highest BCUT2D eigenvalue weighted by atomic mass is 35.5. The lowest BCUT2D eigenvalue weighted by molar-refractivity contribution is 0.0858. The lowest BCUT2D eigenvalue weighted by atomic mass is 10.1. The van der Waals surface area contributed by atoms with Crippen molar-refractivity contribution >= 4 is 23.3 Å². The number of nitrogens with zero attached hydrogens (tertiary/aromatic N) is 2. The second-order valence-electron chi connectivity index (χ2n) is 4.68. The first-order valence-electron chi connectivity index (χ1n) is 6.53. The highest BCUT2D eigenvalue weighted by Gasteiger charge is 2.26. The maximum absolute atomic E-state index is 13.3. The monoisotopic (exact) mass is 302 g/mol. The van der Waals surface area contributed by atoms with Crippen molar-refractivity contribution in [1.82, 2.24) is 4.90 Å². The molecule has 5 heteroatoms. The number of benzene rings is 2. The molecule has 0 fully saturated rings. The Labute approximate surface area is 126 Å². The van der Waals surface area contributed by atoms with E-state index >= 15 is 0 Å². The number of hydrogen-bond donors (Lipinski definition) is 0. The molecule has 106 valence electrons. The SMILES string of the molecule is O=C(c1cccc(F)c1)N1CCN=C1c1cccc(Cl)c1. The second-order valence-corrected chi connectivity index (χ2v) is 5.12. The summed E-state index contributed by atoms with van der Waals surface area (Å²) >= 11 is 5.98. The third-order valence-corrected chi connectivity index (χ3v) is 3.48. The minimum atomic E-state index is -0.429. The molecule has 2 aromatic rings. The molecule has 3 nitrogen and oxygen atoms in total. The van der Waals surface area contributed by atoms with Crippen LogP contribution in [0.5, 0.6) is 0 Å². The van der Waals surface area contributed by atoms with Gasteiger partial charge in [-0.05, 0) is 30.3 Å². The fraction of sp³-hybridized carbons (Fsp3) is 0.125. The van der Waals surface area contributed by atoms with Crippen LogP contribution in [0.15, 0.2) is 53.5 Å². The van der Waals surface area contributed by atoms with Gasteiger partial charge in [0.2, 0.25) is 0 Å². The van der Waals surface area contributed by atoms with Gasteiger partial charge in [-0.25, -0.2) is 4.39 Å². The molecule has 1 heterocycles. The van der Waals surface area contributed by atoms with Crippen molar-refractivity contribution in [2.75, 3.05) is 13.1 Å². The summed E-state index contributed by atoms with van der Waals surface area (Å²) < 4.78 is 13.3. The molecule has 2 aromatic carbocycles. The smallest absolute Gasteiger partial charge is 0.259 e. The molecule has 3 rings (SSSR count). The Hall–Kier alpha value is -2.20. The molecule has 0 spiro atoms. The number of amides is 1. The van der Waals surface area contributed by atoms with E-state index in [1.165, 1.54) is 18.2 Å². The van der Waals surface area contributed by atoms with Crippen LogP contribution in [0.2, 0.25) is 5.02 Å². The highest BCUT2D eigenvalue weighted by Crippen LogP contribution is 2.18. The first kappa shape index (κ1) is 13.8. The van der Waals surface area contributed by atoms with Gasteiger partial charge in [-0.2, -0.15) is 0 Å². The molecule has 0 radical (unpaired) electrons. The van der Waals surface area contributed by atoms with Crippen molar-refractivity contribution in [2.24, 2.45) is 4.99 Å². The number of rotatable bonds is 2. The van der Waals surface area contributed by atoms with E-state index in [0.717, 1.165) is 5.56 Å². The lowest BCUT2D eigenvalue weighted by Crippen LogP contribution is -2.34. The summed E-state index contributed by atoms with van der Waals surface area (Å²) in [5.74, 6) is -0.112. The van der Waals surface area contributed by atoms with Crippen LogP contribution in [-0.2, 0) is 0 Å². The molecule has 1 amide bonds. The fourth-order valence-electron chi connectivity index (χ4n) is 2.30. The van der Waals surface area contributed by atoms with Gasteiger partial charge >= 0.3 is 0 Å². The van der Waals surface area contributed by atoms with Crippen molar-refractivity contribution < 1.29 is 9.18 Å². The van der Waals surface area contributed by atoms with Gasteiger partial charge < -0.3 is 0 Å². The largest absolute Gasteiger partial charge is 0.291 e. The molecule has 0 atom stereocenters. The van der Waals surface area contributed by atoms with Gasteiger partial charge in [-0.3, -0.25) is 14.7 Å². The molecule has 0 bridgehead atoms. The molecule has 0 saturated carbocycles. The first-order valence-corrected chi connectivity index (χ1v) is 6.91. The molecule has 0 unspecified atom stereocenters. The summed E-state index contributed by atoms with van der Waals surface area (Å²) in [7, 11) is 0. The van der Waals surface area contributed by atoms with Gasteiger partial charge in [0.15, 0.2) is 0 Å². The van der Waals surface area contributed by atoms with Gasteiger partial charge in [0, 0.05) is 22.7 Å². The van der Waals surface area contributed by atoms with Crippen molar-refractivity contribution in [3.05, 3.63) is 70.5 Å². The van der Waals surface area contributed by atoms with Crippen molar-refractivity contribution in [1.29, 1.82) is 0 Å². The number of carbonyl (C=O) groups excluding carboxylic acids is 1. The van der Waals surface area contributed by atoms with E-state index in [-0.39, 0.29) is 5.91 Å². The minimum absolute atomic E-state index is 0.259. The van der Waals surface area contributed by atoms with E-state index in [4.69, 9.17) is 11.6 Å². The molecular weight excluding hydrogens is 291 g/mol. The average molecular weight is 303 g/mol. The van der Waals surface area contributed by atoms with Gasteiger partial charge in [0.05, 0.1) is 6.54 Å². The van der Waals surface area contributed by atoms with Crippen LogP contribution in [0.4, 0.5) is 4.39 Å². The first-order chi connectivity index (χ1) is 10.1. The van der Waals surface area contributed by atoms with Gasteiger partial charge in [-0.1, -0.05) is 29.8 Å². The van der Waals surface area contributed by atoms with Crippen LogP contribution in [-0.4, -0.2) is 29.7 Å². The average Bonchev–Trinajstić information content (AvgIpc) is 2.96. The van der Waals surface area contributed by atoms with Crippen LogP contribution < -0.4 is 0 Å². The number of amidine groups is 1. The Bertz CT molecular complexity index is 730. The molecule has 1 aliphatic rings. The zero-order chi connectivity index (χ0) is 14.8. The molecule has 0 aliphatic carbocycles. The predicted molar refractivity (Wildman–Crippen MR) is 80.3 cm³/mol. The number of hydrogen-bond acceptors (Lipinski definition) is 2. The second kappa shape index (κ2) is 5.66. The predicted octanol–water partition coefficient (Wildman–Crippen LogP) is 3.38. The maximum Gasteiger partial charge on any atom is 0.259 e. The molecule has 1 aliphatic heterocycles. The standard InChI is InChI=1S/C16H12ClFN2O/c17-13-5-1-3-11(9-13)15-19-7-8-20(15)16(21)12-4-2-6-14(18)10-12/h1-6,9-10H,7-8H2. The summed E-state index contributed by atoms with van der Waals surface area (Å²) in [5, 5.41) is 0.584. The van der Waals surface area contributed by atoms with Crippen LogP contribution in [0.25, 0.3) is 0 Å². The number of carbonyl (C=O) groups is 1. The topological polar surface area (TPSA) is 32.7 Å². The summed E-state index contributed by atoms with van der Waals surface area (Å²) in [4.78, 5) is 18.4.